The largest absolute Gasteiger partial charge is 0.493 e. The monoisotopic (exact) mass is 277 g/mol. The van der Waals surface area contributed by atoms with Gasteiger partial charge in [0.05, 0.1) is 13.2 Å². The number of hydrogen-bond donors (Lipinski definition) is 1. The van der Waals surface area contributed by atoms with E-state index in [1.165, 1.54) is 11.1 Å². The van der Waals surface area contributed by atoms with Crippen LogP contribution in [0.5, 0.6) is 5.75 Å². The predicted molar refractivity (Wildman–Crippen MR) is 82.2 cm³/mol. The molecule has 1 N–H and O–H groups in total. The zero-order chi connectivity index (χ0) is 14.6. The van der Waals surface area contributed by atoms with Crippen LogP contribution in [-0.2, 0) is 11.3 Å². The second-order valence-corrected chi connectivity index (χ2v) is 6.76. The van der Waals surface area contributed by atoms with Crippen molar-refractivity contribution in [2.45, 2.75) is 46.2 Å². The van der Waals surface area contributed by atoms with Gasteiger partial charge in [0.15, 0.2) is 0 Å². The highest BCUT2D eigenvalue weighted by molar-refractivity contribution is 5.37. The molecule has 0 amide bonds. The molecule has 1 aromatic carbocycles. The molecule has 1 fully saturated rings. The molecule has 1 aliphatic heterocycles. The Balaban J connectivity index is 1.99. The lowest BCUT2D eigenvalue weighted by Gasteiger charge is -2.22. The minimum Gasteiger partial charge on any atom is -0.493 e. The summed E-state index contributed by atoms with van der Waals surface area (Å²) in [5.41, 5.74) is 2.62. The van der Waals surface area contributed by atoms with E-state index in [2.05, 4.69) is 51.2 Å². The van der Waals surface area contributed by atoms with Crippen molar-refractivity contribution in [2.75, 3.05) is 19.8 Å². The first-order valence-corrected chi connectivity index (χ1v) is 7.49. The Morgan fingerprint density at radius 3 is 2.80 bits per heavy atom. The maximum absolute atomic E-state index is 6.02. The van der Waals surface area contributed by atoms with Crippen molar-refractivity contribution in [1.82, 2.24) is 5.32 Å². The van der Waals surface area contributed by atoms with E-state index in [-0.39, 0.29) is 5.54 Å². The maximum Gasteiger partial charge on any atom is 0.123 e. The Morgan fingerprint density at radius 1 is 1.35 bits per heavy atom. The number of nitrogens with one attached hydrogen (secondary N) is 1. The highest BCUT2D eigenvalue weighted by Gasteiger charge is 2.17. The van der Waals surface area contributed by atoms with Crippen molar-refractivity contribution in [3.63, 3.8) is 0 Å². The van der Waals surface area contributed by atoms with Gasteiger partial charge in [-0.1, -0.05) is 17.7 Å². The molecule has 0 bridgehead atoms. The van der Waals surface area contributed by atoms with Gasteiger partial charge in [-0.05, 0) is 40.2 Å². The van der Waals surface area contributed by atoms with E-state index in [1.807, 2.05) is 0 Å². The SMILES string of the molecule is Cc1ccc(OCC2CCOC2)c(CNC(C)(C)C)c1. The van der Waals surface area contributed by atoms with Gasteiger partial charge in [0, 0.05) is 30.2 Å². The average molecular weight is 277 g/mol. The lowest BCUT2D eigenvalue weighted by Crippen LogP contribution is -2.35. The van der Waals surface area contributed by atoms with E-state index < -0.39 is 0 Å². The fraction of sp³-hybridized carbons (Fsp3) is 0.647. The number of rotatable bonds is 5. The molecule has 0 spiro atoms. The van der Waals surface area contributed by atoms with Crippen LogP contribution in [0.3, 0.4) is 0 Å². The average Bonchev–Trinajstić information content (AvgIpc) is 2.87. The second kappa shape index (κ2) is 6.59. The molecule has 1 aliphatic rings. The fourth-order valence-electron chi connectivity index (χ4n) is 2.27. The zero-order valence-electron chi connectivity index (χ0n) is 13.2. The highest BCUT2D eigenvalue weighted by Crippen LogP contribution is 2.23. The summed E-state index contributed by atoms with van der Waals surface area (Å²) in [4.78, 5) is 0. The molecule has 1 aromatic rings. The minimum atomic E-state index is 0.111. The van der Waals surface area contributed by atoms with Gasteiger partial charge in [0.25, 0.3) is 0 Å². The molecule has 1 atom stereocenters. The van der Waals surface area contributed by atoms with Crippen LogP contribution in [0.2, 0.25) is 0 Å². The summed E-state index contributed by atoms with van der Waals surface area (Å²) in [6.45, 7) is 12.0. The van der Waals surface area contributed by atoms with Crippen LogP contribution in [-0.4, -0.2) is 25.4 Å². The highest BCUT2D eigenvalue weighted by atomic mass is 16.5. The molecule has 0 radical (unpaired) electrons. The Morgan fingerprint density at radius 2 is 2.15 bits per heavy atom. The van der Waals surface area contributed by atoms with E-state index in [1.54, 1.807) is 0 Å². The van der Waals surface area contributed by atoms with Crippen LogP contribution in [0.1, 0.15) is 38.3 Å². The first kappa shape index (κ1) is 15.3. The molecular formula is C17H27NO2. The van der Waals surface area contributed by atoms with Crippen LogP contribution in [0.25, 0.3) is 0 Å². The third-order valence-corrected chi connectivity index (χ3v) is 3.52. The summed E-state index contributed by atoms with van der Waals surface area (Å²) in [5, 5.41) is 3.53. The predicted octanol–water partition coefficient (Wildman–Crippen LogP) is 3.30. The standard InChI is InChI=1S/C17H27NO2/c1-13-5-6-16(20-12-14-7-8-19-11-14)15(9-13)10-18-17(2,3)4/h5-6,9,14,18H,7-8,10-12H2,1-4H3. The summed E-state index contributed by atoms with van der Waals surface area (Å²) in [7, 11) is 0. The van der Waals surface area contributed by atoms with Gasteiger partial charge in [-0.25, -0.2) is 0 Å². The number of hydrogen-bond acceptors (Lipinski definition) is 3. The molecule has 0 aliphatic carbocycles. The van der Waals surface area contributed by atoms with Gasteiger partial charge >= 0.3 is 0 Å². The van der Waals surface area contributed by atoms with Gasteiger partial charge in [-0.3, -0.25) is 0 Å². The Bertz CT molecular complexity index is 431. The van der Waals surface area contributed by atoms with Gasteiger partial charge in [0.1, 0.15) is 5.75 Å². The molecule has 3 heteroatoms. The number of aryl methyl sites for hydroxylation is 1. The summed E-state index contributed by atoms with van der Waals surface area (Å²) < 4.78 is 11.4. The van der Waals surface area contributed by atoms with Gasteiger partial charge in [-0.15, -0.1) is 0 Å². The first-order chi connectivity index (χ1) is 9.44. The minimum absolute atomic E-state index is 0.111. The van der Waals surface area contributed by atoms with E-state index >= 15 is 0 Å². The molecule has 2 rings (SSSR count). The third-order valence-electron chi connectivity index (χ3n) is 3.52. The van der Waals surface area contributed by atoms with E-state index in [4.69, 9.17) is 9.47 Å². The van der Waals surface area contributed by atoms with Crippen LogP contribution in [0, 0.1) is 12.8 Å². The van der Waals surface area contributed by atoms with Crippen molar-refractivity contribution in [3.05, 3.63) is 29.3 Å². The normalized spacial score (nSPS) is 19.3. The molecule has 1 unspecified atom stereocenters. The topological polar surface area (TPSA) is 30.5 Å². The lowest BCUT2D eigenvalue weighted by atomic mass is 10.1. The molecule has 3 nitrogen and oxygen atoms in total. The quantitative estimate of drug-likeness (QED) is 0.896. The van der Waals surface area contributed by atoms with Gasteiger partial charge in [-0.2, -0.15) is 0 Å². The Labute approximate surface area is 122 Å². The van der Waals surface area contributed by atoms with E-state index in [9.17, 15) is 0 Å². The van der Waals surface area contributed by atoms with Crippen molar-refractivity contribution < 1.29 is 9.47 Å². The van der Waals surface area contributed by atoms with Gasteiger partial charge in [0.2, 0.25) is 0 Å². The Kier molecular flexibility index (Phi) is 5.06. The molecular weight excluding hydrogens is 250 g/mol. The zero-order valence-corrected chi connectivity index (χ0v) is 13.2. The fourth-order valence-corrected chi connectivity index (χ4v) is 2.27. The second-order valence-electron chi connectivity index (χ2n) is 6.76. The van der Waals surface area contributed by atoms with Crippen molar-refractivity contribution in [2.24, 2.45) is 5.92 Å². The van der Waals surface area contributed by atoms with Crippen molar-refractivity contribution >= 4 is 0 Å². The molecule has 0 aromatic heterocycles. The maximum atomic E-state index is 6.02. The molecule has 0 saturated carbocycles. The van der Waals surface area contributed by atoms with Crippen LogP contribution < -0.4 is 10.1 Å². The summed E-state index contributed by atoms with van der Waals surface area (Å²) in [5.74, 6) is 1.54. The van der Waals surface area contributed by atoms with E-state index in [0.717, 1.165) is 38.5 Å². The van der Waals surface area contributed by atoms with Crippen LogP contribution in [0.4, 0.5) is 0 Å². The summed E-state index contributed by atoms with van der Waals surface area (Å²) in [6.07, 6.45) is 1.11. The molecule has 1 saturated heterocycles. The summed E-state index contributed by atoms with van der Waals surface area (Å²) >= 11 is 0. The number of benzene rings is 1. The van der Waals surface area contributed by atoms with E-state index in [0.29, 0.717) is 5.92 Å². The van der Waals surface area contributed by atoms with Gasteiger partial charge < -0.3 is 14.8 Å². The summed E-state index contributed by atoms with van der Waals surface area (Å²) in [6, 6.07) is 6.41. The third kappa shape index (κ3) is 4.80. The van der Waals surface area contributed by atoms with Crippen molar-refractivity contribution in [1.29, 1.82) is 0 Å². The lowest BCUT2D eigenvalue weighted by molar-refractivity contribution is 0.166. The number of ether oxygens (including phenoxy) is 2. The smallest absolute Gasteiger partial charge is 0.123 e. The molecule has 112 valence electrons. The van der Waals surface area contributed by atoms with Crippen LogP contribution in [0.15, 0.2) is 18.2 Å². The first-order valence-electron chi connectivity index (χ1n) is 7.49. The Hall–Kier alpha value is -1.06. The van der Waals surface area contributed by atoms with Crippen LogP contribution >= 0.6 is 0 Å². The molecule has 1 heterocycles. The molecule has 20 heavy (non-hydrogen) atoms. The van der Waals surface area contributed by atoms with Crippen molar-refractivity contribution in [3.8, 4) is 5.75 Å².